The molecule has 1 aromatic heterocycles. The van der Waals surface area contributed by atoms with Crippen LogP contribution in [0.4, 0.5) is 0 Å². The van der Waals surface area contributed by atoms with E-state index >= 15 is 0 Å². The summed E-state index contributed by atoms with van der Waals surface area (Å²) < 4.78 is 10.1. The molecular formula is C10H17N3O2. The Bertz CT molecular complexity index is 283. The Morgan fingerprint density at radius 3 is 3.00 bits per heavy atom. The zero-order valence-electron chi connectivity index (χ0n) is 9.12. The number of hydrogen-bond donors (Lipinski definition) is 2. The highest BCUT2D eigenvalue weighted by molar-refractivity contribution is 5.79. The topological polar surface area (TPSA) is 58.8 Å². The van der Waals surface area contributed by atoms with Crippen molar-refractivity contribution in [1.82, 2.24) is 10.6 Å². The van der Waals surface area contributed by atoms with Crippen LogP contribution < -0.4 is 10.6 Å². The number of nitrogens with zero attached hydrogens (tertiary/aromatic N) is 1. The average molecular weight is 211 g/mol. The van der Waals surface area contributed by atoms with E-state index in [1.165, 1.54) is 0 Å². The minimum atomic E-state index is 0.625. The fourth-order valence-corrected chi connectivity index (χ4v) is 1.08. The molecule has 1 rings (SSSR count). The molecule has 0 spiro atoms. The summed E-state index contributed by atoms with van der Waals surface area (Å²) in [6, 6.07) is 3.77. The van der Waals surface area contributed by atoms with Crippen molar-refractivity contribution in [3.63, 3.8) is 0 Å². The first-order valence-corrected chi connectivity index (χ1v) is 4.82. The Labute approximate surface area is 89.5 Å². The maximum absolute atomic E-state index is 5.18. The number of aliphatic imine (C=N–C) groups is 1. The number of hydrogen-bond acceptors (Lipinski definition) is 3. The number of ether oxygens (including phenoxy) is 1. The SMILES string of the molecule is CN=C(NCCOC)NCc1ccco1. The monoisotopic (exact) mass is 211 g/mol. The number of guanidine groups is 1. The van der Waals surface area contributed by atoms with Gasteiger partial charge in [-0.3, -0.25) is 4.99 Å². The predicted molar refractivity (Wildman–Crippen MR) is 58.8 cm³/mol. The molecule has 0 bridgehead atoms. The highest BCUT2D eigenvalue weighted by Crippen LogP contribution is 1.97. The minimum absolute atomic E-state index is 0.625. The van der Waals surface area contributed by atoms with Gasteiger partial charge in [0.15, 0.2) is 5.96 Å². The van der Waals surface area contributed by atoms with E-state index in [1.54, 1.807) is 20.4 Å². The van der Waals surface area contributed by atoms with E-state index in [9.17, 15) is 0 Å². The summed E-state index contributed by atoms with van der Waals surface area (Å²) in [6.07, 6.45) is 1.65. The van der Waals surface area contributed by atoms with Gasteiger partial charge >= 0.3 is 0 Å². The van der Waals surface area contributed by atoms with Crippen molar-refractivity contribution >= 4 is 5.96 Å². The van der Waals surface area contributed by atoms with E-state index in [0.717, 1.165) is 18.3 Å². The Balaban J connectivity index is 2.23. The van der Waals surface area contributed by atoms with Crippen LogP contribution in [0, 0.1) is 0 Å². The third-order valence-corrected chi connectivity index (χ3v) is 1.83. The minimum Gasteiger partial charge on any atom is -0.467 e. The predicted octanol–water partition coefficient (Wildman–Crippen LogP) is 0.591. The largest absolute Gasteiger partial charge is 0.467 e. The molecule has 2 N–H and O–H groups in total. The summed E-state index contributed by atoms with van der Waals surface area (Å²) in [5.74, 6) is 1.62. The number of furan rings is 1. The molecule has 0 aromatic carbocycles. The molecule has 0 aliphatic heterocycles. The fraction of sp³-hybridized carbons (Fsp3) is 0.500. The average Bonchev–Trinajstić information content (AvgIpc) is 2.76. The molecule has 0 aliphatic carbocycles. The summed E-state index contributed by atoms with van der Waals surface area (Å²) >= 11 is 0. The summed E-state index contributed by atoms with van der Waals surface area (Å²) in [6.45, 7) is 2.01. The maximum Gasteiger partial charge on any atom is 0.191 e. The van der Waals surface area contributed by atoms with Crippen LogP contribution in [-0.4, -0.2) is 33.3 Å². The quantitative estimate of drug-likeness (QED) is 0.425. The van der Waals surface area contributed by atoms with Gasteiger partial charge in [-0.2, -0.15) is 0 Å². The second-order valence-corrected chi connectivity index (χ2v) is 2.92. The van der Waals surface area contributed by atoms with Gasteiger partial charge in [-0.25, -0.2) is 0 Å². The van der Waals surface area contributed by atoms with Crippen LogP contribution in [0.3, 0.4) is 0 Å². The van der Waals surface area contributed by atoms with Crippen LogP contribution in [0.5, 0.6) is 0 Å². The molecule has 0 unspecified atom stereocenters. The third kappa shape index (κ3) is 4.51. The highest BCUT2D eigenvalue weighted by Gasteiger charge is 1.98. The summed E-state index contributed by atoms with van der Waals surface area (Å²) in [5.41, 5.74) is 0. The first-order valence-electron chi connectivity index (χ1n) is 4.82. The van der Waals surface area contributed by atoms with Crippen LogP contribution in [0.25, 0.3) is 0 Å². The third-order valence-electron chi connectivity index (χ3n) is 1.83. The molecule has 0 atom stereocenters. The molecule has 0 aliphatic rings. The van der Waals surface area contributed by atoms with E-state index in [4.69, 9.17) is 9.15 Å². The Morgan fingerprint density at radius 1 is 1.53 bits per heavy atom. The Morgan fingerprint density at radius 2 is 2.40 bits per heavy atom. The molecule has 5 heteroatoms. The van der Waals surface area contributed by atoms with Gasteiger partial charge in [0.05, 0.1) is 19.4 Å². The van der Waals surface area contributed by atoms with Crippen molar-refractivity contribution in [2.24, 2.45) is 4.99 Å². The van der Waals surface area contributed by atoms with E-state index < -0.39 is 0 Å². The van der Waals surface area contributed by atoms with Crippen LogP contribution in [-0.2, 0) is 11.3 Å². The van der Waals surface area contributed by atoms with Gasteiger partial charge in [-0.15, -0.1) is 0 Å². The second-order valence-electron chi connectivity index (χ2n) is 2.92. The van der Waals surface area contributed by atoms with Gasteiger partial charge in [0, 0.05) is 20.7 Å². The van der Waals surface area contributed by atoms with Gasteiger partial charge in [0.1, 0.15) is 5.76 Å². The van der Waals surface area contributed by atoms with Crippen molar-refractivity contribution in [1.29, 1.82) is 0 Å². The van der Waals surface area contributed by atoms with Crippen molar-refractivity contribution < 1.29 is 9.15 Å². The van der Waals surface area contributed by atoms with Crippen LogP contribution in [0.1, 0.15) is 5.76 Å². The lowest BCUT2D eigenvalue weighted by molar-refractivity contribution is 0.203. The van der Waals surface area contributed by atoms with Gasteiger partial charge in [-0.05, 0) is 12.1 Å². The molecule has 0 radical (unpaired) electrons. The van der Waals surface area contributed by atoms with Gasteiger partial charge in [0.2, 0.25) is 0 Å². The molecule has 0 saturated carbocycles. The lowest BCUT2D eigenvalue weighted by Gasteiger charge is -2.09. The molecule has 0 amide bonds. The fourth-order valence-electron chi connectivity index (χ4n) is 1.08. The van der Waals surface area contributed by atoms with Gasteiger partial charge in [-0.1, -0.05) is 0 Å². The van der Waals surface area contributed by atoms with Crippen LogP contribution in [0.15, 0.2) is 27.8 Å². The standard InChI is InChI=1S/C10H17N3O2/c1-11-10(12-5-7-14-2)13-8-9-4-3-6-15-9/h3-4,6H,5,7-8H2,1-2H3,(H2,11,12,13). The van der Waals surface area contributed by atoms with Crippen LogP contribution >= 0.6 is 0 Å². The van der Waals surface area contributed by atoms with Crippen molar-refractivity contribution in [3.8, 4) is 0 Å². The van der Waals surface area contributed by atoms with E-state index in [2.05, 4.69) is 15.6 Å². The molecule has 84 valence electrons. The van der Waals surface area contributed by atoms with Crippen molar-refractivity contribution in [2.45, 2.75) is 6.54 Å². The Kier molecular flexibility index (Phi) is 5.32. The number of methoxy groups -OCH3 is 1. The normalized spacial score (nSPS) is 11.5. The van der Waals surface area contributed by atoms with Crippen molar-refractivity contribution in [2.75, 3.05) is 27.3 Å². The number of rotatable bonds is 5. The van der Waals surface area contributed by atoms with Crippen LogP contribution in [0.2, 0.25) is 0 Å². The Hall–Kier alpha value is -1.49. The molecule has 0 fully saturated rings. The molecule has 15 heavy (non-hydrogen) atoms. The zero-order valence-corrected chi connectivity index (χ0v) is 9.12. The zero-order chi connectivity index (χ0) is 10.9. The molecule has 1 heterocycles. The summed E-state index contributed by atoms with van der Waals surface area (Å²) in [5, 5.41) is 6.23. The number of nitrogens with one attached hydrogen (secondary N) is 2. The van der Waals surface area contributed by atoms with E-state index in [-0.39, 0.29) is 0 Å². The maximum atomic E-state index is 5.18. The second kappa shape index (κ2) is 6.89. The molecule has 0 saturated heterocycles. The van der Waals surface area contributed by atoms with Crippen molar-refractivity contribution in [3.05, 3.63) is 24.2 Å². The van der Waals surface area contributed by atoms with E-state index in [0.29, 0.717) is 13.2 Å². The smallest absolute Gasteiger partial charge is 0.191 e. The summed E-state index contributed by atoms with van der Waals surface area (Å²) in [7, 11) is 3.39. The van der Waals surface area contributed by atoms with Gasteiger partial charge < -0.3 is 19.8 Å². The molecular weight excluding hydrogens is 194 g/mol. The first kappa shape index (κ1) is 11.6. The molecule has 1 aromatic rings. The molecule has 5 nitrogen and oxygen atoms in total. The summed E-state index contributed by atoms with van der Waals surface area (Å²) in [4.78, 5) is 4.06. The highest BCUT2D eigenvalue weighted by atomic mass is 16.5. The van der Waals surface area contributed by atoms with E-state index in [1.807, 2.05) is 12.1 Å². The lowest BCUT2D eigenvalue weighted by atomic mass is 10.4. The van der Waals surface area contributed by atoms with Gasteiger partial charge in [0.25, 0.3) is 0 Å². The lowest BCUT2D eigenvalue weighted by Crippen LogP contribution is -2.38. The first-order chi connectivity index (χ1) is 7.36.